The lowest BCUT2D eigenvalue weighted by molar-refractivity contribution is 0.200. The maximum atomic E-state index is 9.04. The summed E-state index contributed by atoms with van der Waals surface area (Å²) >= 11 is 11.8. The normalized spacial score (nSPS) is 11.0. The molecule has 0 N–H and O–H groups in total. The quantitative estimate of drug-likeness (QED) is 0.455. The lowest BCUT2D eigenvalue weighted by atomic mass is 10.2. The average molecular weight is 427 g/mol. The highest BCUT2D eigenvalue weighted by atomic mass is 35.5. The molecule has 0 aliphatic rings. The van der Waals surface area contributed by atoms with E-state index in [1.165, 1.54) is 0 Å². The Bertz CT molecular complexity index is 1020. The molecule has 0 atom stereocenters. The maximum absolute atomic E-state index is 9.04. The molecule has 150 valence electrons. The number of hydrogen-bond donors (Lipinski definition) is 0. The fraction of sp³-hybridized carbons (Fsp3) is 0.333. The fourth-order valence-electron chi connectivity index (χ4n) is 3.12. The van der Waals surface area contributed by atoms with Gasteiger partial charge in [0.15, 0.2) is 10.6 Å². The molecule has 3 rings (SSSR count). The largest absolute Gasteiger partial charge is 0.300 e. The van der Waals surface area contributed by atoms with E-state index in [9.17, 15) is 0 Å². The number of nitrogens with zero attached hydrogens (tertiary/aromatic N) is 6. The van der Waals surface area contributed by atoms with E-state index in [0.29, 0.717) is 36.0 Å². The van der Waals surface area contributed by atoms with Crippen LogP contribution in [0.25, 0.3) is 11.4 Å². The minimum Gasteiger partial charge on any atom is -0.300 e. The topological polar surface area (TPSA) is 62.7 Å². The van der Waals surface area contributed by atoms with E-state index >= 15 is 0 Å². The minimum atomic E-state index is 0.438. The summed E-state index contributed by atoms with van der Waals surface area (Å²) in [5.41, 5.74) is 2.06. The smallest absolute Gasteiger partial charge is 0.199 e. The Kier molecular flexibility index (Phi) is 7.53. The van der Waals surface area contributed by atoms with Gasteiger partial charge < -0.3 is 0 Å². The van der Waals surface area contributed by atoms with Crippen LogP contribution in [0.15, 0.2) is 48.8 Å². The molecule has 0 bridgehead atoms. The second kappa shape index (κ2) is 10.3. The van der Waals surface area contributed by atoms with E-state index in [4.69, 9.17) is 34.2 Å². The highest BCUT2D eigenvalue weighted by molar-refractivity contribution is 7.71. The van der Waals surface area contributed by atoms with Gasteiger partial charge in [-0.15, -0.1) is 0 Å². The van der Waals surface area contributed by atoms with Crippen LogP contribution in [0.4, 0.5) is 0 Å². The molecule has 2 heterocycles. The SMILES string of the molecule is CCCn1c(-c2ccc(Cl)cc2)nn(CN(CCC#N)Cc2cccnc2)c1=S. The summed E-state index contributed by atoms with van der Waals surface area (Å²) < 4.78 is 4.57. The Morgan fingerprint density at radius 1 is 1.24 bits per heavy atom. The summed E-state index contributed by atoms with van der Waals surface area (Å²) in [4.78, 5) is 6.34. The molecule has 1 aromatic carbocycles. The Morgan fingerprint density at radius 3 is 2.69 bits per heavy atom. The number of nitriles is 1. The molecular weight excluding hydrogens is 404 g/mol. The van der Waals surface area contributed by atoms with Gasteiger partial charge in [-0.3, -0.25) is 14.5 Å². The van der Waals surface area contributed by atoms with Gasteiger partial charge in [0, 0.05) is 49.0 Å². The third-order valence-corrected chi connectivity index (χ3v) is 5.16. The van der Waals surface area contributed by atoms with Gasteiger partial charge in [-0.25, -0.2) is 4.68 Å². The van der Waals surface area contributed by atoms with Crippen molar-refractivity contribution in [3.8, 4) is 17.5 Å². The van der Waals surface area contributed by atoms with Crippen LogP contribution in [-0.4, -0.2) is 30.8 Å². The van der Waals surface area contributed by atoms with Gasteiger partial charge in [0.1, 0.15) is 0 Å². The van der Waals surface area contributed by atoms with E-state index in [1.54, 1.807) is 6.20 Å². The third-order valence-electron chi connectivity index (χ3n) is 4.48. The molecule has 0 unspecified atom stereocenters. The highest BCUT2D eigenvalue weighted by Crippen LogP contribution is 2.21. The number of pyridine rings is 1. The van der Waals surface area contributed by atoms with Gasteiger partial charge in [0.05, 0.1) is 12.7 Å². The number of benzene rings is 1. The van der Waals surface area contributed by atoms with Crippen LogP contribution < -0.4 is 0 Å². The molecule has 0 saturated carbocycles. The predicted octanol–water partition coefficient (Wildman–Crippen LogP) is 4.91. The average Bonchev–Trinajstić information content (AvgIpc) is 3.03. The molecule has 29 heavy (non-hydrogen) atoms. The van der Waals surface area contributed by atoms with Gasteiger partial charge in [-0.2, -0.15) is 10.4 Å². The van der Waals surface area contributed by atoms with Gasteiger partial charge in [-0.1, -0.05) is 24.6 Å². The first-order chi connectivity index (χ1) is 14.1. The fourth-order valence-corrected chi connectivity index (χ4v) is 3.52. The van der Waals surface area contributed by atoms with Gasteiger partial charge in [0.25, 0.3) is 0 Å². The van der Waals surface area contributed by atoms with Crippen LogP contribution in [0.2, 0.25) is 5.02 Å². The van der Waals surface area contributed by atoms with Crippen molar-refractivity contribution in [1.82, 2.24) is 24.2 Å². The van der Waals surface area contributed by atoms with Crippen molar-refractivity contribution in [1.29, 1.82) is 5.26 Å². The molecule has 2 aromatic heterocycles. The summed E-state index contributed by atoms with van der Waals surface area (Å²) in [6, 6.07) is 13.8. The highest BCUT2D eigenvalue weighted by Gasteiger charge is 2.15. The van der Waals surface area contributed by atoms with Crippen molar-refractivity contribution in [2.45, 2.75) is 39.5 Å². The molecule has 0 amide bonds. The Balaban J connectivity index is 1.91. The predicted molar refractivity (Wildman–Crippen MR) is 117 cm³/mol. The molecule has 0 fully saturated rings. The second-order valence-electron chi connectivity index (χ2n) is 6.73. The van der Waals surface area contributed by atoms with Crippen LogP contribution in [0, 0.1) is 16.1 Å². The lowest BCUT2D eigenvalue weighted by Crippen LogP contribution is -2.28. The molecule has 0 aliphatic carbocycles. The van der Waals surface area contributed by atoms with Crippen molar-refractivity contribution in [3.63, 3.8) is 0 Å². The number of rotatable bonds is 9. The number of halogens is 1. The molecule has 0 radical (unpaired) electrons. The van der Waals surface area contributed by atoms with Crippen LogP contribution in [0.5, 0.6) is 0 Å². The van der Waals surface area contributed by atoms with Crippen molar-refractivity contribution in [3.05, 3.63) is 64.1 Å². The van der Waals surface area contributed by atoms with Crippen molar-refractivity contribution < 1.29 is 0 Å². The lowest BCUT2D eigenvalue weighted by Gasteiger charge is -2.20. The first-order valence-electron chi connectivity index (χ1n) is 9.54. The van der Waals surface area contributed by atoms with Gasteiger partial charge >= 0.3 is 0 Å². The van der Waals surface area contributed by atoms with Crippen molar-refractivity contribution in [2.24, 2.45) is 0 Å². The van der Waals surface area contributed by atoms with E-state index in [-0.39, 0.29) is 0 Å². The number of aromatic nitrogens is 4. The first kappa shape index (κ1) is 21.2. The summed E-state index contributed by atoms with van der Waals surface area (Å²) in [6.45, 7) is 4.72. The van der Waals surface area contributed by atoms with Crippen molar-refractivity contribution >= 4 is 23.8 Å². The zero-order valence-corrected chi connectivity index (χ0v) is 17.9. The molecule has 3 aromatic rings. The first-order valence-corrected chi connectivity index (χ1v) is 10.3. The van der Waals surface area contributed by atoms with Gasteiger partial charge in [0.2, 0.25) is 0 Å². The molecular formula is C21H23ClN6S. The zero-order valence-electron chi connectivity index (χ0n) is 16.3. The summed E-state index contributed by atoms with van der Waals surface area (Å²) in [5, 5.41) is 14.5. The van der Waals surface area contributed by atoms with Crippen LogP contribution in [0.1, 0.15) is 25.3 Å². The summed E-state index contributed by atoms with van der Waals surface area (Å²) in [7, 11) is 0. The molecule has 6 nitrogen and oxygen atoms in total. The van der Waals surface area contributed by atoms with E-state index in [1.807, 2.05) is 47.3 Å². The second-order valence-corrected chi connectivity index (χ2v) is 7.53. The third kappa shape index (κ3) is 5.51. The van der Waals surface area contributed by atoms with Crippen LogP contribution >= 0.6 is 23.8 Å². The maximum Gasteiger partial charge on any atom is 0.199 e. The minimum absolute atomic E-state index is 0.438. The van der Waals surface area contributed by atoms with E-state index < -0.39 is 0 Å². The Morgan fingerprint density at radius 2 is 2.03 bits per heavy atom. The summed E-state index contributed by atoms with van der Waals surface area (Å²) in [5.74, 6) is 0.829. The Labute approximate surface area is 181 Å². The van der Waals surface area contributed by atoms with E-state index in [0.717, 1.165) is 29.9 Å². The van der Waals surface area contributed by atoms with Crippen LogP contribution in [-0.2, 0) is 19.8 Å². The molecule has 0 aliphatic heterocycles. The molecule has 8 heteroatoms. The molecule has 0 spiro atoms. The van der Waals surface area contributed by atoms with Crippen molar-refractivity contribution in [2.75, 3.05) is 6.54 Å². The molecule has 0 saturated heterocycles. The summed E-state index contributed by atoms with van der Waals surface area (Å²) in [6.07, 6.45) is 4.99. The standard InChI is InChI=1S/C21H23ClN6S/c1-2-12-27-20(18-6-8-19(22)9-7-18)25-28(21(27)29)16-26(13-4-10-23)15-17-5-3-11-24-14-17/h3,5-9,11,14H,2,4,12-13,15-16H2,1H3. The number of hydrogen-bond acceptors (Lipinski definition) is 5. The monoisotopic (exact) mass is 426 g/mol. The van der Waals surface area contributed by atoms with Crippen LogP contribution in [0.3, 0.4) is 0 Å². The zero-order chi connectivity index (χ0) is 20.6. The van der Waals surface area contributed by atoms with Gasteiger partial charge in [-0.05, 0) is 54.5 Å². The van der Waals surface area contributed by atoms with E-state index in [2.05, 4.69) is 27.4 Å². The Hall–Kier alpha value is -2.53.